The Hall–Kier alpha value is -0.450. The number of thiophene rings is 1. The number of carbonyl (C=O) groups is 1. The van der Waals surface area contributed by atoms with Crippen LogP contribution in [0.1, 0.15) is 4.88 Å². The molecular formula is C8H6ClNOS2. The molecule has 0 saturated heterocycles. The lowest BCUT2D eigenvalue weighted by molar-refractivity contribution is -0.114. The van der Waals surface area contributed by atoms with Gasteiger partial charge in [-0.05, 0) is 28.5 Å². The van der Waals surface area contributed by atoms with Crippen molar-refractivity contribution < 1.29 is 4.79 Å². The highest BCUT2D eigenvalue weighted by Gasteiger charge is 2.41. The monoisotopic (exact) mass is 231 g/mol. The van der Waals surface area contributed by atoms with Crippen LogP contribution in [0.25, 0.3) is 0 Å². The van der Waals surface area contributed by atoms with Crippen molar-refractivity contribution in [1.82, 2.24) is 5.32 Å². The number of halogens is 1. The zero-order valence-electron chi connectivity index (χ0n) is 6.49. The van der Waals surface area contributed by atoms with Crippen LogP contribution in [0.5, 0.6) is 0 Å². The van der Waals surface area contributed by atoms with Gasteiger partial charge < -0.3 is 5.32 Å². The van der Waals surface area contributed by atoms with Gasteiger partial charge in [-0.2, -0.15) is 0 Å². The predicted octanol–water partition coefficient (Wildman–Crippen LogP) is 2.47. The second-order valence-corrected chi connectivity index (χ2v) is 4.91. The van der Waals surface area contributed by atoms with Crippen LogP contribution in [0.4, 0.5) is 0 Å². The molecule has 0 spiro atoms. The largest absolute Gasteiger partial charge is 0.365 e. The number of hydrogen-bond acceptors (Lipinski definition) is 4. The van der Waals surface area contributed by atoms with E-state index in [2.05, 4.69) is 5.32 Å². The van der Waals surface area contributed by atoms with Crippen LogP contribution < -0.4 is 5.32 Å². The first-order valence-corrected chi connectivity index (χ1v) is 5.74. The van der Waals surface area contributed by atoms with Crippen molar-refractivity contribution in [2.75, 3.05) is 0 Å². The number of nitrogens with one attached hydrogen (secondary N) is 1. The topological polar surface area (TPSA) is 29.1 Å². The van der Waals surface area contributed by atoms with Crippen LogP contribution >= 0.6 is 34.7 Å². The average Bonchev–Trinajstić information content (AvgIpc) is 2.75. The third-order valence-corrected chi connectivity index (χ3v) is 4.41. The number of hydrogen-bond donors (Lipinski definition) is 1. The highest BCUT2D eigenvalue weighted by atomic mass is 35.5. The molecule has 2 rings (SSSR count). The second-order valence-electron chi connectivity index (χ2n) is 2.50. The molecule has 13 heavy (non-hydrogen) atoms. The van der Waals surface area contributed by atoms with Gasteiger partial charge in [0.1, 0.15) is 0 Å². The van der Waals surface area contributed by atoms with Gasteiger partial charge in [0.15, 0.2) is 4.87 Å². The molecule has 0 aromatic carbocycles. The summed E-state index contributed by atoms with van der Waals surface area (Å²) in [5, 5.41) is 6.36. The lowest BCUT2D eigenvalue weighted by atomic mass is 10.2. The van der Waals surface area contributed by atoms with Crippen LogP contribution in [0, 0.1) is 0 Å². The molecule has 1 aliphatic rings. The molecule has 0 fully saturated rings. The van der Waals surface area contributed by atoms with E-state index in [0.717, 1.165) is 4.88 Å². The average molecular weight is 232 g/mol. The Labute approximate surface area is 89.0 Å². The van der Waals surface area contributed by atoms with Crippen molar-refractivity contribution in [2.45, 2.75) is 4.87 Å². The van der Waals surface area contributed by atoms with E-state index in [0.29, 0.717) is 0 Å². The van der Waals surface area contributed by atoms with Gasteiger partial charge in [-0.3, -0.25) is 4.79 Å². The molecule has 5 heteroatoms. The Morgan fingerprint density at radius 1 is 1.62 bits per heavy atom. The van der Waals surface area contributed by atoms with Gasteiger partial charge in [-0.25, -0.2) is 0 Å². The number of carbonyl (C=O) groups excluding carboxylic acids is 1. The normalized spacial score (nSPS) is 25.9. The Kier molecular flexibility index (Phi) is 2.36. The fourth-order valence-electron chi connectivity index (χ4n) is 1.13. The number of thioether (sulfide) groups is 1. The van der Waals surface area contributed by atoms with Crippen LogP contribution in [0.3, 0.4) is 0 Å². The van der Waals surface area contributed by atoms with E-state index in [4.69, 9.17) is 11.6 Å². The molecule has 68 valence electrons. The molecule has 2 nitrogen and oxygen atoms in total. The van der Waals surface area contributed by atoms with Gasteiger partial charge in [-0.1, -0.05) is 17.8 Å². The van der Waals surface area contributed by atoms with Crippen LogP contribution in [0.15, 0.2) is 29.1 Å². The van der Waals surface area contributed by atoms with Crippen molar-refractivity contribution in [3.63, 3.8) is 0 Å². The summed E-state index contributed by atoms with van der Waals surface area (Å²) in [5.74, 6) is 0. The lowest BCUT2D eigenvalue weighted by Gasteiger charge is -2.22. The summed E-state index contributed by atoms with van der Waals surface area (Å²) in [4.78, 5) is 11.5. The van der Waals surface area contributed by atoms with Gasteiger partial charge in [-0.15, -0.1) is 11.3 Å². The maximum Gasteiger partial charge on any atom is 0.263 e. The van der Waals surface area contributed by atoms with E-state index in [-0.39, 0.29) is 5.24 Å². The minimum absolute atomic E-state index is 0.384. The smallest absolute Gasteiger partial charge is 0.263 e. The molecule has 1 aliphatic heterocycles. The summed E-state index contributed by atoms with van der Waals surface area (Å²) in [6.07, 6.45) is 1.74. The van der Waals surface area contributed by atoms with Crippen LogP contribution in [-0.2, 0) is 9.67 Å². The summed E-state index contributed by atoms with van der Waals surface area (Å²) >= 11 is 8.49. The Balaban J connectivity index is 2.41. The molecule has 1 N–H and O–H groups in total. The SMILES string of the molecule is O=C(Cl)C1(c2cccs2)NC=CS1. The Morgan fingerprint density at radius 2 is 2.46 bits per heavy atom. The maximum absolute atomic E-state index is 11.3. The van der Waals surface area contributed by atoms with Gasteiger partial charge in [0.2, 0.25) is 0 Å². The van der Waals surface area contributed by atoms with E-state index in [1.165, 1.54) is 23.1 Å². The summed E-state index contributed by atoms with van der Waals surface area (Å²) in [6, 6.07) is 3.81. The summed E-state index contributed by atoms with van der Waals surface area (Å²) in [6.45, 7) is 0. The minimum Gasteiger partial charge on any atom is -0.365 e. The molecule has 1 aromatic rings. The molecule has 0 radical (unpaired) electrons. The van der Waals surface area contributed by atoms with Gasteiger partial charge in [0.05, 0.1) is 0 Å². The maximum atomic E-state index is 11.3. The zero-order valence-corrected chi connectivity index (χ0v) is 8.88. The van der Waals surface area contributed by atoms with E-state index in [1.54, 1.807) is 6.20 Å². The first-order valence-electron chi connectivity index (χ1n) is 3.60. The third kappa shape index (κ3) is 1.39. The minimum atomic E-state index is -0.782. The molecule has 1 unspecified atom stereocenters. The predicted molar refractivity (Wildman–Crippen MR) is 56.7 cm³/mol. The van der Waals surface area contributed by atoms with Crippen LogP contribution in [0.2, 0.25) is 0 Å². The number of rotatable bonds is 2. The second kappa shape index (κ2) is 3.36. The van der Waals surface area contributed by atoms with Gasteiger partial charge in [0, 0.05) is 11.1 Å². The molecule has 0 saturated carbocycles. The molecule has 0 aliphatic carbocycles. The summed E-state index contributed by atoms with van der Waals surface area (Å²) < 4.78 is 0. The first-order chi connectivity index (χ1) is 6.26. The Morgan fingerprint density at radius 3 is 2.92 bits per heavy atom. The molecule has 0 amide bonds. The van der Waals surface area contributed by atoms with E-state index in [9.17, 15) is 4.79 Å². The van der Waals surface area contributed by atoms with Crippen LogP contribution in [-0.4, -0.2) is 5.24 Å². The van der Waals surface area contributed by atoms with Crippen molar-refractivity contribution in [3.05, 3.63) is 34.0 Å². The van der Waals surface area contributed by atoms with Crippen molar-refractivity contribution in [1.29, 1.82) is 0 Å². The zero-order chi connectivity index (χ0) is 9.31. The molecule has 0 bridgehead atoms. The Bertz CT molecular complexity index is 339. The van der Waals surface area contributed by atoms with E-state index >= 15 is 0 Å². The first kappa shape index (κ1) is 9.12. The van der Waals surface area contributed by atoms with E-state index < -0.39 is 4.87 Å². The highest BCUT2D eigenvalue weighted by molar-refractivity contribution is 8.04. The molecule has 1 atom stereocenters. The quantitative estimate of drug-likeness (QED) is 0.793. The van der Waals surface area contributed by atoms with Gasteiger partial charge >= 0.3 is 0 Å². The summed E-state index contributed by atoms with van der Waals surface area (Å²) in [5.41, 5.74) is 0. The molecular weight excluding hydrogens is 226 g/mol. The molecule has 2 heterocycles. The summed E-state index contributed by atoms with van der Waals surface area (Å²) in [7, 11) is 0. The van der Waals surface area contributed by atoms with Crippen molar-refractivity contribution in [2.24, 2.45) is 0 Å². The highest BCUT2D eigenvalue weighted by Crippen LogP contribution is 2.42. The molecule has 1 aromatic heterocycles. The van der Waals surface area contributed by atoms with Crippen molar-refractivity contribution >= 4 is 39.9 Å². The fraction of sp³-hybridized carbons (Fsp3) is 0.125. The fourth-order valence-corrected chi connectivity index (χ4v) is 3.30. The van der Waals surface area contributed by atoms with E-state index in [1.807, 2.05) is 22.9 Å². The van der Waals surface area contributed by atoms with Gasteiger partial charge in [0.25, 0.3) is 5.24 Å². The third-order valence-electron chi connectivity index (χ3n) is 1.74. The van der Waals surface area contributed by atoms with Crippen molar-refractivity contribution in [3.8, 4) is 0 Å². The lowest BCUT2D eigenvalue weighted by Crippen LogP contribution is -2.37. The standard InChI is InChI=1S/C8H6ClNOS2/c9-7(11)8(10-3-5-13-8)6-2-1-4-12-6/h1-5,10H.